The van der Waals surface area contributed by atoms with Crippen molar-refractivity contribution < 1.29 is 13.5 Å². The van der Waals surface area contributed by atoms with Crippen LogP contribution in [0, 0.1) is 11.8 Å². The summed E-state index contributed by atoms with van der Waals surface area (Å²) in [6, 6.07) is 9.02. The van der Waals surface area contributed by atoms with Crippen LogP contribution in [0.25, 0.3) is 10.1 Å². The van der Waals surface area contributed by atoms with Gasteiger partial charge in [0, 0.05) is 54.1 Å². The van der Waals surface area contributed by atoms with Gasteiger partial charge in [0.2, 0.25) is 0 Å². The molecule has 6 heteroatoms. The second-order valence-electron chi connectivity index (χ2n) is 11.3. The van der Waals surface area contributed by atoms with Crippen LogP contribution < -0.4 is 0 Å². The first-order valence-corrected chi connectivity index (χ1v) is 13.8. The minimum absolute atomic E-state index is 0.0754. The van der Waals surface area contributed by atoms with Crippen LogP contribution in [-0.4, -0.2) is 61.0 Å². The molecule has 1 saturated heterocycles. The van der Waals surface area contributed by atoms with Crippen LogP contribution in [-0.2, 0) is 11.2 Å². The monoisotopic (exact) mass is 500 g/mol. The summed E-state index contributed by atoms with van der Waals surface area (Å²) in [5.41, 5.74) is 1.46. The summed E-state index contributed by atoms with van der Waals surface area (Å²) in [7, 11) is 0. The molecular weight excluding hydrogens is 462 g/mol. The van der Waals surface area contributed by atoms with Gasteiger partial charge >= 0.3 is 0 Å². The highest BCUT2D eigenvalue weighted by atomic mass is 32.1. The Labute approximate surface area is 212 Å². The van der Waals surface area contributed by atoms with Gasteiger partial charge in [-0.1, -0.05) is 31.2 Å². The van der Waals surface area contributed by atoms with E-state index in [9.17, 15) is 4.39 Å². The lowest BCUT2D eigenvalue weighted by molar-refractivity contribution is 0.0516. The first kappa shape index (κ1) is 24.9. The van der Waals surface area contributed by atoms with Gasteiger partial charge in [0.1, 0.15) is 12.3 Å². The molecule has 0 bridgehead atoms. The van der Waals surface area contributed by atoms with Crippen molar-refractivity contribution in [2.75, 3.05) is 39.5 Å². The summed E-state index contributed by atoms with van der Waals surface area (Å²) >= 11 is 1.90. The number of thiophene rings is 1. The quantitative estimate of drug-likeness (QED) is 0.401. The number of likely N-dealkylation sites (tertiary alicyclic amines) is 1. The second kappa shape index (κ2) is 9.95. The first-order chi connectivity index (χ1) is 16.7. The highest BCUT2D eigenvalue weighted by Crippen LogP contribution is 2.49. The van der Waals surface area contributed by atoms with Gasteiger partial charge < -0.3 is 4.74 Å². The zero-order valence-electron chi connectivity index (χ0n) is 21.4. The zero-order chi connectivity index (χ0) is 24.7. The fourth-order valence-electron chi connectivity index (χ4n) is 5.98. The number of hydrogen-bond acceptors (Lipinski definition) is 4. The topological polar surface area (TPSA) is 15.7 Å². The lowest BCUT2D eigenvalue weighted by Crippen LogP contribution is -2.48. The molecule has 0 N–H and O–H groups in total. The van der Waals surface area contributed by atoms with Gasteiger partial charge in [0.25, 0.3) is 0 Å². The molecule has 1 fully saturated rings. The van der Waals surface area contributed by atoms with Crippen molar-refractivity contribution >= 4 is 21.4 Å². The van der Waals surface area contributed by atoms with Crippen molar-refractivity contribution in [3.05, 3.63) is 58.2 Å². The Morgan fingerprint density at radius 2 is 1.89 bits per heavy atom. The van der Waals surface area contributed by atoms with Crippen molar-refractivity contribution in [1.29, 1.82) is 0 Å². The molecule has 1 unspecified atom stereocenters. The van der Waals surface area contributed by atoms with Crippen molar-refractivity contribution in [1.82, 2.24) is 9.80 Å². The lowest BCUT2D eigenvalue weighted by Gasteiger charge is -2.45. The van der Waals surface area contributed by atoms with Crippen molar-refractivity contribution in [2.24, 2.45) is 11.8 Å². The van der Waals surface area contributed by atoms with Gasteiger partial charge in [0.15, 0.2) is 0 Å². The molecule has 0 amide bonds. The Morgan fingerprint density at radius 3 is 2.60 bits per heavy atom. The van der Waals surface area contributed by atoms with Crippen molar-refractivity contribution in [2.45, 2.75) is 58.3 Å². The Morgan fingerprint density at radius 1 is 1.11 bits per heavy atom. The van der Waals surface area contributed by atoms with Gasteiger partial charge in [-0.05, 0) is 61.8 Å². The Kier molecular flexibility index (Phi) is 7.08. The molecule has 5 rings (SSSR count). The van der Waals surface area contributed by atoms with Crippen LogP contribution >= 0.6 is 11.3 Å². The fraction of sp³-hybridized carbons (Fsp3) is 0.586. The lowest BCUT2D eigenvalue weighted by atomic mass is 9.79. The number of fused-ring (bicyclic) bond motifs is 3. The highest BCUT2D eigenvalue weighted by molar-refractivity contribution is 7.19. The molecule has 0 spiro atoms. The number of halogens is 2. The van der Waals surface area contributed by atoms with E-state index in [4.69, 9.17) is 4.74 Å². The smallest absolute Gasteiger partial charge is 0.118 e. The van der Waals surface area contributed by atoms with E-state index in [0.717, 1.165) is 38.2 Å². The average Bonchev–Trinajstić information content (AvgIpc) is 3.13. The molecule has 3 aliphatic rings. The summed E-state index contributed by atoms with van der Waals surface area (Å²) in [5.74, 6) is 1.53. The minimum Gasteiger partial charge on any atom is -0.497 e. The van der Waals surface area contributed by atoms with Gasteiger partial charge in [-0.25, -0.2) is 4.39 Å². The number of nitrogens with zero attached hydrogens (tertiary/aromatic N) is 2. The maximum Gasteiger partial charge on any atom is 0.118 e. The average molecular weight is 501 g/mol. The summed E-state index contributed by atoms with van der Waals surface area (Å²) in [4.78, 5) is 6.09. The summed E-state index contributed by atoms with van der Waals surface area (Å²) in [6.45, 7) is 11.3. The second-order valence-corrected chi connectivity index (χ2v) is 12.5. The number of rotatable bonds is 8. The molecule has 190 valence electrons. The number of alkyl halides is 2. The molecule has 3 atom stereocenters. The molecule has 35 heavy (non-hydrogen) atoms. The molecule has 1 aromatic heterocycles. The molecule has 2 aliphatic heterocycles. The summed E-state index contributed by atoms with van der Waals surface area (Å²) in [5, 5.41) is 1.31. The van der Waals surface area contributed by atoms with E-state index < -0.39 is 5.67 Å². The third kappa shape index (κ3) is 5.21. The van der Waals surface area contributed by atoms with Crippen LogP contribution in [0.5, 0.6) is 0 Å². The largest absolute Gasteiger partial charge is 0.497 e. The van der Waals surface area contributed by atoms with Gasteiger partial charge in [0.05, 0.1) is 18.5 Å². The number of allylic oxidation sites excluding steroid dienone is 3. The minimum atomic E-state index is -1.27. The Balaban J connectivity index is 1.41. The van der Waals surface area contributed by atoms with Crippen LogP contribution in [0.1, 0.15) is 50.6 Å². The van der Waals surface area contributed by atoms with E-state index in [0.29, 0.717) is 19.1 Å². The predicted molar refractivity (Wildman–Crippen MR) is 141 cm³/mol. The van der Waals surface area contributed by atoms with E-state index in [2.05, 4.69) is 60.1 Å². The molecule has 3 nitrogen and oxygen atoms in total. The first-order valence-electron chi connectivity index (χ1n) is 13.0. The van der Waals surface area contributed by atoms with E-state index in [-0.39, 0.29) is 24.7 Å². The molecule has 0 radical (unpaired) electrons. The third-order valence-electron chi connectivity index (χ3n) is 7.72. The summed E-state index contributed by atoms with van der Waals surface area (Å²) < 4.78 is 35.1. The van der Waals surface area contributed by atoms with E-state index in [1.807, 2.05) is 11.3 Å². The van der Waals surface area contributed by atoms with E-state index >= 15 is 4.39 Å². The van der Waals surface area contributed by atoms with E-state index in [1.54, 1.807) is 13.8 Å². The molecule has 0 saturated carbocycles. The molecule has 1 aliphatic carbocycles. The third-order valence-corrected chi connectivity index (χ3v) is 8.93. The zero-order valence-corrected chi connectivity index (χ0v) is 22.2. The van der Waals surface area contributed by atoms with Gasteiger partial charge in [-0.15, -0.1) is 11.3 Å². The van der Waals surface area contributed by atoms with Crippen molar-refractivity contribution in [3.8, 4) is 0 Å². The fourth-order valence-corrected chi connectivity index (χ4v) is 7.34. The van der Waals surface area contributed by atoms with Crippen LogP contribution in [0.4, 0.5) is 8.78 Å². The molecule has 2 aromatic rings. The Bertz CT molecular complexity index is 1110. The van der Waals surface area contributed by atoms with Crippen molar-refractivity contribution in [3.63, 3.8) is 0 Å². The maximum atomic E-state index is 15.0. The normalized spacial score (nSPS) is 26.3. The number of benzene rings is 1. The Hall–Kier alpha value is -1.76. The van der Waals surface area contributed by atoms with Gasteiger partial charge in [-0.3, -0.25) is 14.2 Å². The van der Waals surface area contributed by atoms with Crippen LogP contribution in [0.2, 0.25) is 0 Å². The van der Waals surface area contributed by atoms with E-state index in [1.165, 1.54) is 26.1 Å². The molecular formula is C29H38F2N2OS. The predicted octanol–water partition coefficient (Wildman–Crippen LogP) is 6.71. The molecule has 3 heterocycles. The standard InChI is InChI=1S/C29H38F2N2OS/c1-19-13-22(34-12-11-32-16-21(15-30)17-32)9-10-23(19)28-27-24-7-5-6-8-25(24)35-26(27)14-20(2)33(28)18-29(3,4)31/h5-10,19-21,28H,11-18H2,1-4H3/t19?,20-,28-/m1/s1. The number of ether oxygens (including phenoxy) is 1. The van der Waals surface area contributed by atoms with Crippen LogP contribution in [0.3, 0.4) is 0 Å². The van der Waals surface area contributed by atoms with Crippen LogP contribution in [0.15, 0.2) is 47.7 Å². The highest BCUT2D eigenvalue weighted by Gasteiger charge is 2.41. The maximum absolute atomic E-state index is 15.0. The van der Waals surface area contributed by atoms with Gasteiger partial charge in [-0.2, -0.15) is 0 Å². The summed E-state index contributed by atoms with van der Waals surface area (Å²) in [6.07, 6.45) is 6.19. The number of hydrogen-bond donors (Lipinski definition) is 0. The SMILES string of the molecule is CC1CC(OCCN2CC(CF)C2)=CC=C1[C@@H]1c2c(sc3ccccc23)C[C@@H](C)N1CC(C)(C)F. The molecule has 1 aromatic carbocycles.